The summed E-state index contributed by atoms with van der Waals surface area (Å²) in [6.45, 7) is 2.12. The number of Topliss-reactive ketones (excluding diaryl/α,β-unsaturated/α-hetero) is 1. The van der Waals surface area contributed by atoms with Crippen molar-refractivity contribution in [2.45, 2.75) is 19.2 Å². The van der Waals surface area contributed by atoms with E-state index in [1.54, 1.807) is 18.2 Å². The van der Waals surface area contributed by atoms with Gasteiger partial charge in [0.1, 0.15) is 5.82 Å². The Kier molecular flexibility index (Phi) is 4.53. The van der Waals surface area contributed by atoms with E-state index in [4.69, 9.17) is 0 Å². The third-order valence-corrected chi connectivity index (χ3v) is 5.00. The van der Waals surface area contributed by atoms with Gasteiger partial charge in [-0.05, 0) is 30.7 Å². The molecule has 150 valence electrons. The molecule has 0 aliphatic carbocycles. The Balaban J connectivity index is 2.04. The summed E-state index contributed by atoms with van der Waals surface area (Å²) in [5.74, 6) is -2.53. The fourth-order valence-electron chi connectivity index (χ4n) is 3.63. The predicted octanol–water partition coefficient (Wildman–Crippen LogP) is 4.28. The molecule has 0 saturated carbocycles. The van der Waals surface area contributed by atoms with E-state index in [1.807, 2.05) is 4.90 Å². The summed E-state index contributed by atoms with van der Waals surface area (Å²) in [5, 5.41) is 9.96. The van der Waals surface area contributed by atoms with Gasteiger partial charge in [0.15, 0.2) is 0 Å². The standard InChI is InChI=1S/C21H16F4N2O2/c1-11-17(20(29)21(23,24)25)18(12-5-7-13(22)8-6-12)15-3-2-4-16(19(15)26-11)27-9-14(28)10-27/h2-8,14,28H,9-10H2,1H3. The number of hydrogen-bond donors (Lipinski definition) is 1. The van der Waals surface area contributed by atoms with E-state index < -0.39 is 29.4 Å². The maximum Gasteiger partial charge on any atom is 0.454 e. The van der Waals surface area contributed by atoms with Gasteiger partial charge >= 0.3 is 6.18 Å². The molecule has 1 saturated heterocycles. The van der Waals surface area contributed by atoms with Crippen LogP contribution in [0.4, 0.5) is 23.2 Å². The summed E-state index contributed by atoms with van der Waals surface area (Å²) >= 11 is 0. The van der Waals surface area contributed by atoms with Crippen molar-refractivity contribution in [1.29, 1.82) is 0 Å². The van der Waals surface area contributed by atoms with E-state index in [2.05, 4.69) is 4.98 Å². The topological polar surface area (TPSA) is 53.4 Å². The van der Waals surface area contributed by atoms with Gasteiger partial charge in [-0.15, -0.1) is 0 Å². The summed E-state index contributed by atoms with van der Waals surface area (Å²) < 4.78 is 53.4. The number of benzene rings is 2. The number of anilines is 1. The van der Waals surface area contributed by atoms with Gasteiger partial charge in [-0.3, -0.25) is 9.78 Å². The number of nitrogens with zero attached hydrogens (tertiary/aromatic N) is 2. The first-order valence-electron chi connectivity index (χ1n) is 8.90. The molecule has 4 rings (SSSR count). The van der Waals surface area contributed by atoms with Gasteiger partial charge in [0, 0.05) is 29.7 Å². The number of rotatable bonds is 3. The summed E-state index contributed by atoms with van der Waals surface area (Å²) in [6, 6.07) is 9.97. The molecule has 29 heavy (non-hydrogen) atoms. The number of ketones is 1. The third-order valence-electron chi connectivity index (χ3n) is 5.00. The van der Waals surface area contributed by atoms with Crippen molar-refractivity contribution < 1.29 is 27.5 Å². The number of aromatic nitrogens is 1. The number of fused-ring (bicyclic) bond motifs is 1. The summed E-state index contributed by atoms with van der Waals surface area (Å²) in [6.07, 6.45) is -5.55. The van der Waals surface area contributed by atoms with Crippen molar-refractivity contribution in [2.24, 2.45) is 0 Å². The predicted molar refractivity (Wildman–Crippen MR) is 100 cm³/mol. The molecule has 1 aliphatic heterocycles. The van der Waals surface area contributed by atoms with Crippen molar-refractivity contribution in [1.82, 2.24) is 4.98 Å². The molecule has 2 heterocycles. The lowest BCUT2D eigenvalue weighted by molar-refractivity contribution is -0.0885. The first-order valence-corrected chi connectivity index (χ1v) is 8.90. The number of alkyl halides is 3. The lowest BCUT2D eigenvalue weighted by Crippen LogP contribution is -2.50. The molecule has 1 aliphatic rings. The fourth-order valence-corrected chi connectivity index (χ4v) is 3.63. The maximum absolute atomic E-state index is 13.4. The lowest BCUT2D eigenvalue weighted by atomic mass is 9.91. The molecule has 1 aromatic heterocycles. The van der Waals surface area contributed by atoms with Gasteiger partial charge in [-0.25, -0.2) is 4.39 Å². The zero-order valence-electron chi connectivity index (χ0n) is 15.3. The van der Waals surface area contributed by atoms with E-state index in [0.717, 1.165) is 12.1 Å². The monoisotopic (exact) mass is 404 g/mol. The molecule has 0 spiro atoms. The number of halogens is 4. The van der Waals surface area contributed by atoms with Gasteiger partial charge in [-0.2, -0.15) is 13.2 Å². The van der Waals surface area contributed by atoms with Crippen molar-refractivity contribution in [3.05, 3.63) is 59.5 Å². The molecule has 1 N–H and O–H groups in total. The fraction of sp³-hybridized carbons (Fsp3) is 0.238. The molecule has 0 unspecified atom stereocenters. The van der Waals surface area contributed by atoms with Crippen LogP contribution in [0.25, 0.3) is 22.0 Å². The molecule has 4 nitrogen and oxygen atoms in total. The number of carbonyl (C=O) groups is 1. The summed E-state index contributed by atoms with van der Waals surface area (Å²) in [4.78, 5) is 18.4. The Morgan fingerprint density at radius 3 is 2.38 bits per heavy atom. The molecule has 0 radical (unpaired) electrons. The average molecular weight is 404 g/mol. The summed E-state index contributed by atoms with van der Waals surface area (Å²) in [7, 11) is 0. The number of aryl methyl sites for hydroxylation is 1. The second-order valence-corrected chi connectivity index (χ2v) is 7.01. The van der Waals surface area contributed by atoms with Crippen molar-refractivity contribution in [2.75, 3.05) is 18.0 Å². The van der Waals surface area contributed by atoms with Crippen LogP contribution < -0.4 is 4.90 Å². The average Bonchev–Trinajstić information content (AvgIpc) is 2.64. The third kappa shape index (κ3) is 3.33. The molecule has 1 fully saturated rings. The number of aliphatic hydroxyl groups is 1. The van der Waals surface area contributed by atoms with Crippen molar-refractivity contribution in [3.63, 3.8) is 0 Å². The zero-order valence-corrected chi connectivity index (χ0v) is 15.3. The smallest absolute Gasteiger partial charge is 0.389 e. The highest BCUT2D eigenvalue weighted by molar-refractivity contribution is 6.14. The minimum Gasteiger partial charge on any atom is -0.389 e. The van der Waals surface area contributed by atoms with Crippen LogP contribution in [-0.2, 0) is 0 Å². The molecule has 2 aromatic carbocycles. The van der Waals surface area contributed by atoms with Crippen LogP contribution in [0.1, 0.15) is 16.1 Å². The normalized spacial score (nSPS) is 14.9. The second-order valence-electron chi connectivity index (χ2n) is 7.01. The van der Waals surface area contributed by atoms with Gasteiger partial charge < -0.3 is 10.0 Å². The lowest BCUT2D eigenvalue weighted by Gasteiger charge is -2.38. The Hall–Kier alpha value is -3.00. The quantitative estimate of drug-likeness (QED) is 0.523. The SMILES string of the molecule is Cc1nc2c(N3CC(O)C3)cccc2c(-c2ccc(F)cc2)c1C(=O)C(F)(F)F. The van der Waals surface area contributed by atoms with E-state index in [0.29, 0.717) is 29.7 Å². The number of aliphatic hydroxyl groups excluding tert-OH is 1. The molecule has 0 atom stereocenters. The highest BCUT2D eigenvalue weighted by Gasteiger charge is 2.42. The number of para-hydroxylation sites is 1. The minimum atomic E-state index is -5.08. The van der Waals surface area contributed by atoms with Crippen molar-refractivity contribution >= 4 is 22.4 Å². The highest BCUT2D eigenvalue weighted by Crippen LogP contribution is 2.40. The minimum absolute atomic E-state index is 0.0623. The van der Waals surface area contributed by atoms with Crippen LogP contribution in [0.5, 0.6) is 0 Å². The van der Waals surface area contributed by atoms with E-state index in [-0.39, 0.29) is 16.8 Å². The first kappa shape index (κ1) is 19.3. The number of pyridine rings is 1. The van der Waals surface area contributed by atoms with Crippen LogP contribution in [-0.4, -0.2) is 41.2 Å². The highest BCUT2D eigenvalue weighted by atomic mass is 19.4. The van der Waals surface area contributed by atoms with Gasteiger partial charge in [0.2, 0.25) is 0 Å². The Morgan fingerprint density at radius 1 is 1.14 bits per heavy atom. The van der Waals surface area contributed by atoms with Crippen LogP contribution in [0.2, 0.25) is 0 Å². The Bertz CT molecular complexity index is 1100. The largest absolute Gasteiger partial charge is 0.454 e. The van der Waals surface area contributed by atoms with Crippen LogP contribution >= 0.6 is 0 Å². The van der Waals surface area contributed by atoms with Crippen LogP contribution in [0.3, 0.4) is 0 Å². The molecule has 8 heteroatoms. The van der Waals surface area contributed by atoms with Crippen molar-refractivity contribution in [3.8, 4) is 11.1 Å². The van der Waals surface area contributed by atoms with E-state index in [1.165, 1.54) is 19.1 Å². The molecular formula is C21H16F4N2O2. The van der Waals surface area contributed by atoms with Gasteiger partial charge in [0.05, 0.1) is 22.9 Å². The van der Waals surface area contributed by atoms with E-state index >= 15 is 0 Å². The molecular weight excluding hydrogens is 388 g/mol. The Labute approximate surface area is 163 Å². The number of β-amino-alcohol motifs (C(OH)–C–C–N with tert-alkyl or cyclic N) is 1. The van der Waals surface area contributed by atoms with Gasteiger partial charge in [-0.1, -0.05) is 24.3 Å². The number of carbonyl (C=O) groups excluding carboxylic acids is 1. The Morgan fingerprint density at radius 2 is 1.79 bits per heavy atom. The second kappa shape index (κ2) is 6.81. The maximum atomic E-state index is 13.4. The molecule has 0 amide bonds. The van der Waals surface area contributed by atoms with Gasteiger partial charge in [0.25, 0.3) is 5.78 Å². The van der Waals surface area contributed by atoms with Crippen LogP contribution in [0.15, 0.2) is 42.5 Å². The summed E-state index contributed by atoms with van der Waals surface area (Å²) in [5.41, 5.74) is 0.832. The first-order chi connectivity index (χ1) is 13.7. The molecule has 3 aromatic rings. The molecule has 0 bridgehead atoms. The zero-order chi connectivity index (χ0) is 20.9. The van der Waals surface area contributed by atoms with E-state index in [9.17, 15) is 27.5 Å². The number of hydrogen-bond acceptors (Lipinski definition) is 4. The van der Waals surface area contributed by atoms with Crippen LogP contribution in [0, 0.1) is 12.7 Å².